The second-order valence-electron chi connectivity index (χ2n) is 4.33. The normalized spacial score (nSPS) is 12.2. The van der Waals surface area contributed by atoms with Crippen LogP contribution in [0.4, 0.5) is 0 Å². The van der Waals surface area contributed by atoms with Crippen molar-refractivity contribution in [3.63, 3.8) is 0 Å². The van der Waals surface area contributed by atoms with Crippen LogP contribution >= 0.6 is 27.5 Å². The third-order valence-electron chi connectivity index (χ3n) is 2.95. The molecule has 100 valence electrons. The SMILES string of the molecule is COc1ccc(C(N)Cc2cccc(Br)c2)cc1Cl. The number of ether oxygens (including phenoxy) is 1. The number of nitrogens with two attached hydrogens (primary N) is 1. The molecule has 0 radical (unpaired) electrons. The number of rotatable bonds is 4. The van der Waals surface area contributed by atoms with Gasteiger partial charge in [0.15, 0.2) is 0 Å². The van der Waals surface area contributed by atoms with Crippen molar-refractivity contribution in [2.24, 2.45) is 5.73 Å². The van der Waals surface area contributed by atoms with Crippen LogP contribution < -0.4 is 10.5 Å². The Hall–Kier alpha value is -1.03. The molecule has 0 aromatic heterocycles. The number of methoxy groups -OCH3 is 1. The molecule has 0 aliphatic carbocycles. The smallest absolute Gasteiger partial charge is 0.137 e. The Balaban J connectivity index is 2.15. The quantitative estimate of drug-likeness (QED) is 0.898. The van der Waals surface area contributed by atoms with Gasteiger partial charge in [0, 0.05) is 10.5 Å². The summed E-state index contributed by atoms with van der Waals surface area (Å²) in [7, 11) is 1.60. The maximum absolute atomic E-state index is 6.22. The summed E-state index contributed by atoms with van der Waals surface area (Å²) in [6, 6.07) is 13.7. The van der Waals surface area contributed by atoms with Crippen molar-refractivity contribution < 1.29 is 4.74 Å². The fourth-order valence-electron chi connectivity index (χ4n) is 1.95. The lowest BCUT2D eigenvalue weighted by atomic mass is 10.00. The molecular formula is C15H15BrClNO. The first-order valence-corrected chi connectivity index (χ1v) is 7.10. The highest BCUT2D eigenvalue weighted by molar-refractivity contribution is 9.10. The van der Waals surface area contributed by atoms with Gasteiger partial charge in [-0.25, -0.2) is 0 Å². The van der Waals surface area contributed by atoms with Gasteiger partial charge in [0.25, 0.3) is 0 Å². The standard InChI is InChI=1S/C15H15BrClNO/c1-19-15-6-5-11(9-13(15)17)14(18)8-10-3-2-4-12(16)7-10/h2-7,9,14H,8,18H2,1H3. The molecule has 4 heteroatoms. The van der Waals surface area contributed by atoms with Gasteiger partial charge in [-0.15, -0.1) is 0 Å². The van der Waals surface area contributed by atoms with Crippen LogP contribution in [0.1, 0.15) is 17.2 Å². The Kier molecular flexibility index (Phi) is 4.86. The largest absolute Gasteiger partial charge is 0.495 e. The van der Waals surface area contributed by atoms with E-state index in [9.17, 15) is 0 Å². The van der Waals surface area contributed by atoms with E-state index in [-0.39, 0.29) is 6.04 Å². The lowest BCUT2D eigenvalue weighted by Crippen LogP contribution is -2.13. The third-order valence-corrected chi connectivity index (χ3v) is 3.74. The van der Waals surface area contributed by atoms with Gasteiger partial charge < -0.3 is 10.5 Å². The molecule has 19 heavy (non-hydrogen) atoms. The third kappa shape index (κ3) is 3.72. The van der Waals surface area contributed by atoms with Gasteiger partial charge >= 0.3 is 0 Å². The molecule has 0 fully saturated rings. The van der Waals surface area contributed by atoms with Gasteiger partial charge in [-0.2, -0.15) is 0 Å². The minimum atomic E-state index is -0.0855. The summed E-state index contributed by atoms with van der Waals surface area (Å²) in [4.78, 5) is 0. The van der Waals surface area contributed by atoms with E-state index < -0.39 is 0 Å². The highest BCUT2D eigenvalue weighted by Crippen LogP contribution is 2.28. The van der Waals surface area contributed by atoms with Crippen molar-refractivity contribution in [1.29, 1.82) is 0 Å². The van der Waals surface area contributed by atoms with Crippen molar-refractivity contribution in [3.8, 4) is 5.75 Å². The fraction of sp³-hybridized carbons (Fsp3) is 0.200. The maximum Gasteiger partial charge on any atom is 0.137 e. The number of benzene rings is 2. The summed E-state index contributed by atoms with van der Waals surface area (Å²) < 4.78 is 6.19. The van der Waals surface area contributed by atoms with Gasteiger partial charge in [0.05, 0.1) is 12.1 Å². The minimum Gasteiger partial charge on any atom is -0.495 e. The molecule has 0 aliphatic heterocycles. The summed E-state index contributed by atoms with van der Waals surface area (Å²) >= 11 is 9.57. The second kappa shape index (κ2) is 6.42. The molecule has 2 rings (SSSR count). The summed E-state index contributed by atoms with van der Waals surface area (Å²) in [5, 5.41) is 0.588. The van der Waals surface area contributed by atoms with E-state index in [0.29, 0.717) is 10.8 Å². The first kappa shape index (κ1) is 14.4. The molecule has 0 spiro atoms. The zero-order valence-electron chi connectivity index (χ0n) is 10.6. The first-order valence-electron chi connectivity index (χ1n) is 5.93. The molecule has 0 saturated heterocycles. The topological polar surface area (TPSA) is 35.2 Å². The van der Waals surface area contributed by atoms with E-state index in [1.165, 1.54) is 5.56 Å². The van der Waals surface area contributed by atoms with Crippen molar-refractivity contribution in [1.82, 2.24) is 0 Å². The average Bonchev–Trinajstić information content (AvgIpc) is 2.38. The Morgan fingerprint density at radius 1 is 1.26 bits per heavy atom. The maximum atomic E-state index is 6.22. The number of hydrogen-bond donors (Lipinski definition) is 1. The van der Waals surface area contributed by atoms with E-state index in [1.807, 2.05) is 30.3 Å². The van der Waals surface area contributed by atoms with Crippen molar-refractivity contribution in [2.45, 2.75) is 12.5 Å². The molecule has 2 nitrogen and oxygen atoms in total. The van der Waals surface area contributed by atoms with Gasteiger partial charge in [-0.3, -0.25) is 0 Å². The Bertz CT molecular complexity index is 574. The van der Waals surface area contributed by atoms with E-state index in [2.05, 4.69) is 28.1 Å². The van der Waals surface area contributed by atoms with Crippen LogP contribution in [0.25, 0.3) is 0 Å². The molecule has 2 aromatic rings. The summed E-state index contributed by atoms with van der Waals surface area (Å²) in [6.07, 6.45) is 0.766. The fourth-order valence-corrected chi connectivity index (χ4v) is 2.66. The molecule has 1 atom stereocenters. The van der Waals surface area contributed by atoms with E-state index in [0.717, 1.165) is 16.5 Å². The summed E-state index contributed by atoms with van der Waals surface area (Å²) in [5.74, 6) is 0.667. The minimum absolute atomic E-state index is 0.0855. The molecular weight excluding hydrogens is 326 g/mol. The van der Waals surface area contributed by atoms with E-state index >= 15 is 0 Å². The lowest BCUT2D eigenvalue weighted by molar-refractivity contribution is 0.414. The molecule has 0 aliphatic rings. The van der Waals surface area contributed by atoms with Gasteiger partial charge in [-0.05, 0) is 41.8 Å². The Morgan fingerprint density at radius 3 is 2.68 bits per heavy atom. The predicted octanol–water partition coefficient (Wildman–Crippen LogP) is 4.35. The average molecular weight is 341 g/mol. The van der Waals surface area contributed by atoms with Crippen LogP contribution in [0.5, 0.6) is 5.75 Å². The zero-order chi connectivity index (χ0) is 13.8. The van der Waals surface area contributed by atoms with Crippen molar-refractivity contribution in [2.75, 3.05) is 7.11 Å². The highest BCUT2D eigenvalue weighted by Gasteiger charge is 2.10. The van der Waals surface area contributed by atoms with Crippen LogP contribution in [0, 0.1) is 0 Å². The van der Waals surface area contributed by atoms with Gasteiger partial charge in [0.1, 0.15) is 5.75 Å². The van der Waals surface area contributed by atoms with E-state index in [1.54, 1.807) is 7.11 Å². The van der Waals surface area contributed by atoms with Crippen LogP contribution in [0.2, 0.25) is 5.02 Å². The number of halogens is 2. The van der Waals surface area contributed by atoms with Crippen LogP contribution in [0.15, 0.2) is 46.9 Å². The number of hydrogen-bond acceptors (Lipinski definition) is 2. The van der Waals surface area contributed by atoms with Crippen LogP contribution in [-0.4, -0.2) is 7.11 Å². The first-order chi connectivity index (χ1) is 9.10. The molecule has 0 saturated carbocycles. The Labute approximate surface area is 126 Å². The summed E-state index contributed by atoms with van der Waals surface area (Å²) in [6.45, 7) is 0. The second-order valence-corrected chi connectivity index (χ2v) is 5.66. The van der Waals surface area contributed by atoms with Crippen LogP contribution in [0.3, 0.4) is 0 Å². The molecule has 2 N–H and O–H groups in total. The molecule has 0 bridgehead atoms. The summed E-state index contributed by atoms with van der Waals surface area (Å²) in [5.41, 5.74) is 8.42. The lowest BCUT2D eigenvalue weighted by Gasteiger charge is -2.14. The van der Waals surface area contributed by atoms with Gasteiger partial charge in [0.2, 0.25) is 0 Å². The molecule has 1 unspecified atom stereocenters. The van der Waals surface area contributed by atoms with E-state index in [4.69, 9.17) is 22.1 Å². The monoisotopic (exact) mass is 339 g/mol. The van der Waals surface area contributed by atoms with Gasteiger partial charge in [-0.1, -0.05) is 45.7 Å². The molecule has 0 amide bonds. The zero-order valence-corrected chi connectivity index (χ0v) is 12.9. The Morgan fingerprint density at radius 2 is 2.05 bits per heavy atom. The van der Waals surface area contributed by atoms with Crippen molar-refractivity contribution in [3.05, 3.63) is 63.1 Å². The highest BCUT2D eigenvalue weighted by atomic mass is 79.9. The molecule has 0 heterocycles. The van der Waals surface area contributed by atoms with Crippen LogP contribution in [-0.2, 0) is 6.42 Å². The van der Waals surface area contributed by atoms with Crippen molar-refractivity contribution >= 4 is 27.5 Å². The molecule has 2 aromatic carbocycles. The predicted molar refractivity (Wildman–Crippen MR) is 82.8 cm³/mol.